The van der Waals surface area contributed by atoms with Gasteiger partial charge in [0.15, 0.2) is 0 Å². The molecule has 0 fully saturated rings. The number of aromatic nitrogens is 1. The first kappa shape index (κ1) is 15.1. The second-order valence-electron chi connectivity index (χ2n) is 5.40. The third-order valence-electron chi connectivity index (χ3n) is 3.87. The van der Waals surface area contributed by atoms with E-state index in [9.17, 15) is 4.79 Å². The first-order valence-electron chi connectivity index (χ1n) is 7.49. The number of hydrogen-bond donors (Lipinski definition) is 0. The number of thiazole rings is 1. The van der Waals surface area contributed by atoms with Crippen LogP contribution in [0.2, 0.25) is 0 Å². The average Bonchev–Trinajstić information content (AvgIpc) is 3.31. The summed E-state index contributed by atoms with van der Waals surface area (Å²) in [6.07, 6.45) is 1.67. The van der Waals surface area contributed by atoms with Crippen LogP contribution in [0.1, 0.15) is 9.67 Å². The van der Waals surface area contributed by atoms with Crippen LogP contribution in [0.5, 0.6) is 0 Å². The van der Waals surface area contributed by atoms with Crippen molar-refractivity contribution in [1.82, 2.24) is 4.98 Å². The number of carbonyl (C=O) groups excluding carboxylic acids is 1. The molecule has 24 heavy (non-hydrogen) atoms. The van der Waals surface area contributed by atoms with Crippen molar-refractivity contribution < 1.29 is 4.79 Å². The van der Waals surface area contributed by atoms with E-state index in [1.165, 1.54) is 16.7 Å². The summed E-state index contributed by atoms with van der Waals surface area (Å²) in [6.45, 7) is 0. The van der Waals surface area contributed by atoms with E-state index in [1.807, 2.05) is 47.8 Å². The summed E-state index contributed by atoms with van der Waals surface area (Å²) in [7, 11) is 1.80. The Hall–Kier alpha value is -2.50. The van der Waals surface area contributed by atoms with Crippen LogP contribution in [0.15, 0.2) is 66.2 Å². The molecule has 0 aliphatic heterocycles. The molecular formula is C19H14N2OS2. The number of nitrogens with zero attached hydrogens (tertiary/aromatic N) is 2. The maximum atomic E-state index is 12.8. The lowest BCUT2D eigenvalue weighted by Crippen LogP contribution is -2.25. The number of fused-ring (bicyclic) bond motifs is 1. The van der Waals surface area contributed by atoms with Crippen molar-refractivity contribution in [3.8, 4) is 9.88 Å². The van der Waals surface area contributed by atoms with Crippen molar-refractivity contribution in [3.63, 3.8) is 0 Å². The van der Waals surface area contributed by atoms with Gasteiger partial charge in [-0.05, 0) is 34.4 Å². The molecule has 0 aliphatic rings. The predicted octanol–water partition coefficient (Wildman–Crippen LogP) is 5.30. The maximum absolute atomic E-state index is 12.8. The van der Waals surface area contributed by atoms with Gasteiger partial charge in [0.1, 0.15) is 9.88 Å². The van der Waals surface area contributed by atoms with E-state index in [0.29, 0.717) is 4.88 Å². The normalized spacial score (nSPS) is 10.9. The lowest BCUT2D eigenvalue weighted by atomic mass is 10.1. The molecule has 2 aromatic carbocycles. The Morgan fingerprint density at radius 1 is 1.04 bits per heavy atom. The molecule has 0 saturated carbocycles. The quantitative estimate of drug-likeness (QED) is 0.502. The second kappa shape index (κ2) is 6.19. The highest BCUT2D eigenvalue weighted by atomic mass is 32.1. The van der Waals surface area contributed by atoms with Crippen molar-refractivity contribution in [2.24, 2.45) is 0 Å². The molecule has 0 aliphatic carbocycles. The molecule has 4 rings (SSSR count). The van der Waals surface area contributed by atoms with Crippen LogP contribution in [-0.4, -0.2) is 17.9 Å². The Balaban J connectivity index is 1.63. The van der Waals surface area contributed by atoms with Crippen LogP contribution in [0.3, 0.4) is 0 Å². The maximum Gasteiger partial charge on any atom is 0.269 e. The van der Waals surface area contributed by atoms with Crippen molar-refractivity contribution in [2.75, 3.05) is 11.9 Å². The third-order valence-corrected chi connectivity index (χ3v) is 5.90. The predicted molar refractivity (Wildman–Crippen MR) is 102 cm³/mol. The van der Waals surface area contributed by atoms with Crippen LogP contribution >= 0.6 is 22.7 Å². The Labute approximate surface area is 147 Å². The molecule has 1 amide bonds. The van der Waals surface area contributed by atoms with Gasteiger partial charge in [-0.3, -0.25) is 4.79 Å². The summed E-state index contributed by atoms with van der Waals surface area (Å²) in [4.78, 5) is 20.6. The molecule has 0 spiro atoms. The smallest absolute Gasteiger partial charge is 0.269 e. The summed E-state index contributed by atoms with van der Waals surface area (Å²) < 4.78 is 0. The summed E-state index contributed by atoms with van der Waals surface area (Å²) >= 11 is 3.06. The van der Waals surface area contributed by atoms with E-state index < -0.39 is 0 Å². The van der Waals surface area contributed by atoms with Gasteiger partial charge in [-0.1, -0.05) is 36.4 Å². The molecule has 0 atom stereocenters. The van der Waals surface area contributed by atoms with Crippen LogP contribution in [0.4, 0.5) is 5.69 Å². The number of carbonyl (C=O) groups is 1. The minimum atomic E-state index is -0.0365. The molecular weight excluding hydrogens is 336 g/mol. The first-order valence-corrected chi connectivity index (χ1v) is 9.18. The fourth-order valence-electron chi connectivity index (χ4n) is 2.56. The number of amides is 1. The Kier molecular flexibility index (Phi) is 3.88. The number of benzene rings is 2. The highest BCUT2D eigenvalue weighted by molar-refractivity contribution is 7.22. The van der Waals surface area contributed by atoms with Crippen molar-refractivity contribution in [2.45, 2.75) is 0 Å². The fraction of sp³-hybridized carbons (Fsp3) is 0.0526. The Bertz CT molecular complexity index is 1010. The molecule has 0 N–H and O–H groups in total. The van der Waals surface area contributed by atoms with Gasteiger partial charge in [0, 0.05) is 12.7 Å². The Morgan fingerprint density at radius 3 is 2.67 bits per heavy atom. The standard InChI is InChI=1S/C19H14N2OS2/c1-21(15-9-8-13-5-2-3-6-14(13)11-15)19(22)17-12-20-18(24-17)16-7-4-10-23-16/h2-12H,1H3. The average molecular weight is 350 g/mol. The fourth-order valence-corrected chi connectivity index (χ4v) is 4.25. The highest BCUT2D eigenvalue weighted by Gasteiger charge is 2.17. The lowest BCUT2D eigenvalue weighted by molar-refractivity contribution is 0.0996. The van der Waals surface area contributed by atoms with Crippen LogP contribution in [0.25, 0.3) is 20.7 Å². The zero-order chi connectivity index (χ0) is 16.5. The van der Waals surface area contributed by atoms with E-state index in [1.54, 1.807) is 29.5 Å². The SMILES string of the molecule is CN(C(=O)c1cnc(-c2cccs2)s1)c1ccc2ccccc2c1. The number of hydrogen-bond acceptors (Lipinski definition) is 4. The van der Waals surface area contributed by atoms with Gasteiger partial charge < -0.3 is 4.90 Å². The molecule has 3 nitrogen and oxygen atoms in total. The van der Waals surface area contributed by atoms with E-state index in [0.717, 1.165) is 21.0 Å². The van der Waals surface area contributed by atoms with Gasteiger partial charge in [0.25, 0.3) is 5.91 Å². The van der Waals surface area contributed by atoms with Crippen molar-refractivity contribution in [3.05, 3.63) is 71.1 Å². The highest BCUT2D eigenvalue weighted by Crippen LogP contribution is 2.30. The van der Waals surface area contributed by atoms with E-state index in [2.05, 4.69) is 17.1 Å². The topological polar surface area (TPSA) is 33.2 Å². The molecule has 0 saturated heterocycles. The van der Waals surface area contributed by atoms with Gasteiger partial charge in [0.2, 0.25) is 0 Å². The molecule has 0 unspecified atom stereocenters. The molecule has 0 bridgehead atoms. The van der Waals surface area contributed by atoms with Crippen molar-refractivity contribution >= 4 is 45.0 Å². The van der Waals surface area contributed by atoms with Gasteiger partial charge >= 0.3 is 0 Å². The first-order chi connectivity index (χ1) is 11.7. The van der Waals surface area contributed by atoms with E-state index >= 15 is 0 Å². The number of rotatable bonds is 3. The van der Waals surface area contributed by atoms with Gasteiger partial charge in [-0.15, -0.1) is 22.7 Å². The minimum Gasteiger partial charge on any atom is -0.311 e. The largest absolute Gasteiger partial charge is 0.311 e. The molecule has 2 aromatic heterocycles. The molecule has 2 heterocycles. The lowest BCUT2D eigenvalue weighted by Gasteiger charge is -2.16. The zero-order valence-electron chi connectivity index (χ0n) is 13.0. The summed E-state index contributed by atoms with van der Waals surface area (Å²) in [6, 6.07) is 18.2. The summed E-state index contributed by atoms with van der Waals surface area (Å²) in [5.41, 5.74) is 0.879. The van der Waals surface area contributed by atoms with E-state index in [4.69, 9.17) is 0 Å². The van der Waals surface area contributed by atoms with Crippen LogP contribution < -0.4 is 4.90 Å². The van der Waals surface area contributed by atoms with Gasteiger partial charge in [-0.2, -0.15) is 0 Å². The Morgan fingerprint density at radius 2 is 1.88 bits per heavy atom. The molecule has 118 valence electrons. The summed E-state index contributed by atoms with van der Waals surface area (Å²) in [5, 5.41) is 5.19. The zero-order valence-corrected chi connectivity index (χ0v) is 14.6. The molecule has 4 aromatic rings. The number of thiophene rings is 1. The number of anilines is 1. The van der Waals surface area contributed by atoms with Crippen LogP contribution in [-0.2, 0) is 0 Å². The van der Waals surface area contributed by atoms with Gasteiger partial charge in [0.05, 0.1) is 11.1 Å². The molecule has 0 radical (unpaired) electrons. The van der Waals surface area contributed by atoms with Gasteiger partial charge in [-0.25, -0.2) is 4.98 Å². The monoisotopic (exact) mass is 350 g/mol. The molecule has 5 heteroatoms. The van der Waals surface area contributed by atoms with Crippen molar-refractivity contribution in [1.29, 1.82) is 0 Å². The van der Waals surface area contributed by atoms with Crippen LogP contribution in [0, 0.1) is 0 Å². The van der Waals surface area contributed by atoms with E-state index in [-0.39, 0.29) is 5.91 Å². The minimum absolute atomic E-state index is 0.0365. The second-order valence-corrected chi connectivity index (χ2v) is 7.38. The third kappa shape index (κ3) is 2.72. The summed E-state index contributed by atoms with van der Waals surface area (Å²) in [5.74, 6) is -0.0365.